The van der Waals surface area contributed by atoms with Crippen molar-refractivity contribution in [2.75, 3.05) is 4.90 Å². The number of hydrogen-bond acceptors (Lipinski definition) is 1. The monoisotopic (exact) mass is 592 g/mol. The Hall–Kier alpha value is -5.67. The van der Waals surface area contributed by atoms with Crippen LogP contribution in [0.15, 0.2) is 157 Å². The van der Waals surface area contributed by atoms with E-state index in [1.54, 1.807) is 0 Å². The van der Waals surface area contributed by atoms with E-state index in [1.165, 1.54) is 33.0 Å². The normalized spacial score (nSPS) is 16.1. The Labute approximate surface area is 268 Å². The summed E-state index contributed by atoms with van der Waals surface area (Å²) < 4.78 is 2.35. The van der Waals surface area contributed by atoms with Crippen molar-refractivity contribution < 1.29 is 4.79 Å². The molecule has 1 aliphatic carbocycles. The van der Waals surface area contributed by atoms with Gasteiger partial charge in [0.15, 0.2) is 0 Å². The first kappa shape index (κ1) is 26.7. The summed E-state index contributed by atoms with van der Waals surface area (Å²) in [4.78, 5) is 17.2. The highest BCUT2D eigenvalue weighted by atomic mass is 16.2. The highest BCUT2D eigenvalue weighted by molar-refractivity contribution is 6.18. The van der Waals surface area contributed by atoms with E-state index < -0.39 is 0 Å². The standard InChI is InChI=1S/C43H32N2O/c46-43-42-31(27-30-14-8-11-21-38(30)45(43)34-17-5-2-6-18-34)24-23-29-13-7-9-19-35(29)41(42)32-25-26-40-37(28-32)36-20-10-12-22-39(36)44(40)33-15-3-1-4-16-33/h1-22,25-26,28,31H,23-24,27H2. The minimum Gasteiger partial charge on any atom is -0.309 e. The van der Waals surface area contributed by atoms with Crippen LogP contribution in [0.5, 0.6) is 0 Å². The second kappa shape index (κ2) is 10.7. The number of nitrogens with zero attached hydrogens (tertiary/aromatic N) is 2. The molecule has 2 aliphatic rings. The van der Waals surface area contributed by atoms with Gasteiger partial charge in [0, 0.05) is 27.7 Å². The topological polar surface area (TPSA) is 25.2 Å². The Morgan fingerprint density at radius 2 is 1.22 bits per heavy atom. The number of anilines is 2. The highest BCUT2D eigenvalue weighted by Gasteiger charge is 2.37. The second-order valence-electron chi connectivity index (χ2n) is 12.4. The largest absolute Gasteiger partial charge is 0.309 e. The molecule has 0 saturated carbocycles. The first-order valence-corrected chi connectivity index (χ1v) is 16.1. The van der Waals surface area contributed by atoms with Gasteiger partial charge in [-0.3, -0.25) is 9.69 Å². The molecule has 7 aromatic rings. The van der Waals surface area contributed by atoms with Gasteiger partial charge >= 0.3 is 0 Å². The fraction of sp³-hybridized carbons (Fsp3) is 0.0930. The summed E-state index contributed by atoms with van der Waals surface area (Å²) in [5.41, 5.74) is 12.1. The summed E-state index contributed by atoms with van der Waals surface area (Å²) in [7, 11) is 0. The summed E-state index contributed by atoms with van der Waals surface area (Å²) in [6, 6.07) is 53.3. The molecular weight excluding hydrogens is 560 g/mol. The third-order valence-electron chi connectivity index (χ3n) is 9.85. The van der Waals surface area contributed by atoms with E-state index in [9.17, 15) is 0 Å². The smallest absolute Gasteiger partial charge is 0.259 e. The number of amides is 1. The quantitative estimate of drug-likeness (QED) is 0.200. The van der Waals surface area contributed by atoms with E-state index >= 15 is 4.79 Å². The predicted molar refractivity (Wildman–Crippen MR) is 189 cm³/mol. The van der Waals surface area contributed by atoms with Gasteiger partial charge in [-0.05, 0) is 102 Å². The molecule has 1 amide bonds. The zero-order chi connectivity index (χ0) is 30.6. The second-order valence-corrected chi connectivity index (χ2v) is 12.4. The van der Waals surface area contributed by atoms with Gasteiger partial charge in [0.05, 0.1) is 16.7 Å². The molecule has 0 bridgehead atoms. The number of rotatable bonds is 3. The molecule has 1 unspecified atom stereocenters. The summed E-state index contributed by atoms with van der Waals surface area (Å²) in [6.45, 7) is 0. The maximum Gasteiger partial charge on any atom is 0.259 e. The lowest BCUT2D eigenvalue weighted by atomic mass is 9.84. The molecule has 3 nitrogen and oxygen atoms in total. The van der Waals surface area contributed by atoms with Crippen LogP contribution >= 0.6 is 0 Å². The number of carbonyl (C=O) groups excluding carboxylic acids is 1. The lowest BCUT2D eigenvalue weighted by Gasteiger charge is -2.26. The maximum atomic E-state index is 15.2. The minimum absolute atomic E-state index is 0.0691. The lowest BCUT2D eigenvalue weighted by Crippen LogP contribution is -2.29. The van der Waals surface area contributed by atoms with E-state index in [4.69, 9.17) is 0 Å². The first-order valence-electron chi connectivity index (χ1n) is 16.1. The van der Waals surface area contributed by atoms with Crippen LogP contribution in [0.25, 0.3) is 33.1 Å². The molecule has 220 valence electrons. The lowest BCUT2D eigenvalue weighted by molar-refractivity contribution is -0.114. The molecule has 0 fully saturated rings. The van der Waals surface area contributed by atoms with Crippen LogP contribution < -0.4 is 4.90 Å². The molecule has 6 aromatic carbocycles. The SMILES string of the molecule is O=C1C2=C(c3ccc4c(c3)c3ccccc3n4-c3ccccc3)c3ccccc3CCC2Cc2ccccc2N1c1ccccc1. The van der Waals surface area contributed by atoms with Gasteiger partial charge in [0.2, 0.25) is 0 Å². The van der Waals surface area contributed by atoms with Crippen LogP contribution in [0.4, 0.5) is 11.4 Å². The van der Waals surface area contributed by atoms with Crippen LogP contribution in [-0.4, -0.2) is 10.5 Å². The average molecular weight is 593 g/mol. The highest BCUT2D eigenvalue weighted by Crippen LogP contribution is 2.46. The van der Waals surface area contributed by atoms with Crippen molar-refractivity contribution >= 4 is 44.7 Å². The Morgan fingerprint density at radius 1 is 0.565 bits per heavy atom. The Kier molecular flexibility index (Phi) is 6.24. The van der Waals surface area contributed by atoms with Gasteiger partial charge in [-0.15, -0.1) is 0 Å². The van der Waals surface area contributed by atoms with Gasteiger partial charge in [-0.1, -0.05) is 103 Å². The molecule has 0 saturated heterocycles. The zero-order valence-electron chi connectivity index (χ0n) is 25.4. The average Bonchev–Trinajstić information content (AvgIpc) is 3.27. The van der Waals surface area contributed by atoms with Crippen LogP contribution in [0.1, 0.15) is 28.7 Å². The number of fused-ring (bicyclic) bond motifs is 6. The Bertz CT molecular complexity index is 2310. The fourth-order valence-electron chi connectivity index (χ4n) is 7.82. The molecule has 1 atom stereocenters. The van der Waals surface area contributed by atoms with Crippen LogP contribution in [0.2, 0.25) is 0 Å². The molecule has 1 aromatic heterocycles. The van der Waals surface area contributed by atoms with Crippen LogP contribution in [0.3, 0.4) is 0 Å². The predicted octanol–water partition coefficient (Wildman–Crippen LogP) is 10.1. The van der Waals surface area contributed by atoms with Gasteiger partial charge in [-0.2, -0.15) is 0 Å². The van der Waals surface area contributed by atoms with Crippen molar-refractivity contribution in [1.29, 1.82) is 0 Å². The number of carbonyl (C=O) groups is 1. The van der Waals surface area contributed by atoms with Crippen molar-refractivity contribution in [3.05, 3.63) is 179 Å². The molecule has 2 heterocycles. The molecule has 46 heavy (non-hydrogen) atoms. The summed E-state index contributed by atoms with van der Waals surface area (Å²) >= 11 is 0. The Morgan fingerprint density at radius 3 is 2.04 bits per heavy atom. The molecule has 0 radical (unpaired) electrons. The number of aromatic nitrogens is 1. The number of hydrogen-bond donors (Lipinski definition) is 0. The van der Waals surface area contributed by atoms with E-state index in [1.807, 2.05) is 41.3 Å². The summed E-state index contributed by atoms with van der Waals surface area (Å²) in [6.07, 6.45) is 2.69. The molecule has 0 spiro atoms. The third-order valence-corrected chi connectivity index (χ3v) is 9.85. The van der Waals surface area contributed by atoms with E-state index in [0.717, 1.165) is 58.6 Å². The number of benzene rings is 6. The summed E-state index contributed by atoms with van der Waals surface area (Å²) in [5, 5.41) is 2.39. The van der Waals surface area contributed by atoms with Gasteiger partial charge in [0.25, 0.3) is 5.91 Å². The van der Waals surface area contributed by atoms with Crippen molar-refractivity contribution in [3.8, 4) is 5.69 Å². The van der Waals surface area contributed by atoms with Crippen molar-refractivity contribution in [3.63, 3.8) is 0 Å². The number of para-hydroxylation sites is 4. The van der Waals surface area contributed by atoms with E-state index in [-0.39, 0.29) is 11.8 Å². The minimum atomic E-state index is 0.0691. The fourth-order valence-corrected chi connectivity index (χ4v) is 7.82. The zero-order valence-corrected chi connectivity index (χ0v) is 25.4. The number of aryl methyl sites for hydroxylation is 1. The summed E-state index contributed by atoms with van der Waals surface area (Å²) in [5.74, 6) is 0.158. The molecule has 1 aliphatic heterocycles. The van der Waals surface area contributed by atoms with Crippen molar-refractivity contribution in [1.82, 2.24) is 4.57 Å². The van der Waals surface area contributed by atoms with Crippen LogP contribution in [-0.2, 0) is 17.6 Å². The van der Waals surface area contributed by atoms with Crippen molar-refractivity contribution in [2.45, 2.75) is 19.3 Å². The van der Waals surface area contributed by atoms with Gasteiger partial charge in [-0.25, -0.2) is 0 Å². The third kappa shape index (κ3) is 4.16. The molecule has 0 N–H and O–H groups in total. The maximum absolute atomic E-state index is 15.2. The molecule has 3 heteroatoms. The van der Waals surface area contributed by atoms with Crippen molar-refractivity contribution in [2.24, 2.45) is 5.92 Å². The van der Waals surface area contributed by atoms with Gasteiger partial charge < -0.3 is 4.57 Å². The molecule has 9 rings (SSSR count). The van der Waals surface area contributed by atoms with E-state index in [2.05, 4.69) is 120 Å². The Balaban J connectivity index is 1.35. The van der Waals surface area contributed by atoms with E-state index in [0.29, 0.717) is 0 Å². The molecular formula is C43H32N2O. The van der Waals surface area contributed by atoms with Gasteiger partial charge in [0.1, 0.15) is 0 Å². The first-order chi connectivity index (χ1) is 22.8. The van der Waals surface area contributed by atoms with Crippen LogP contribution in [0, 0.1) is 5.92 Å².